The van der Waals surface area contributed by atoms with Crippen LogP contribution in [-0.2, 0) is 9.59 Å². The number of thioether (sulfide) groups is 1. The first-order chi connectivity index (χ1) is 6.97. The van der Waals surface area contributed by atoms with E-state index in [2.05, 4.69) is 20.8 Å². The molecule has 0 spiro atoms. The van der Waals surface area contributed by atoms with Crippen LogP contribution < -0.4 is 0 Å². The highest BCUT2D eigenvalue weighted by atomic mass is 32.2. The second-order valence-corrected chi connectivity index (χ2v) is 5.58. The zero-order valence-corrected chi connectivity index (χ0v) is 11.0. The molecule has 0 aliphatic rings. The maximum Gasteiger partial charge on any atom is 0.189 e. The normalized spacial score (nSPS) is 12.9. The molecule has 0 fully saturated rings. The van der Waals surface area contributed by atoms with Gasteiger partial charge in [-0.15, -0.1) is 0 Å². The molecule has 0 aliphatic heterocycles. The molecule has 0 aliphatic carbocycles. The molecule has 88 valence electrons. The number of hydrogen-bond donors (Lipinski definition) is 0. The van der Waals surface area contributed by atoms with Gasteiger partial charge in [0.25, 0.3) is 0 Å². The Labute approximate surface area is 97.2 Å². The largest absolute Gasteiger partial charge is 0.299 e. The summed E-state index contributed by atoms with van der Waals surface area (Å²) in [5.41, 5.74) is 0. The Morgan fingerprint density at radius 1 is 1.27 bits per heavy atom. The molecule has 0 rings (SSSR count). The van der Waals surface area contributed by atoms with Crippen molar-refractivity contribution in [3.8, 4) is 0 Å². The summed E-state index contributed by atoms with van der Waals surface area (Å²) in [5, 5.41) is 0.0343. The van der Waals surface area contributed by atoms with E-state index in [0.29, 0.717) is 12.3 Å². The van der Waals surface area contributed by atoms with Gasteiger partial charge in [0.2, 0.25) is 0 Å². The fourth-order valence-corrected chi connectivity index (χ4v) is 2.49. The molecule has 0 saturated heterocycles. The van der Waals surface area contributed by atoms with E-state index in [0.717, 1.165) is 19.3 Å². The minimum Gasteiger partial charge on any atom is -0.299 e. The van der Waals surface area contributed by atoms with Crippen molar-refractivity contribution in [1.29, 1.82) is 0 Å². The summed E-state index contributed by atoms with van der Waals surface area (Å²) in [5.74, 6) is 0.587. The standard InChI is InChI=1S/C12H22O2S/c1-5-6-7-12(14)15-11(10(4)13)8-9(2)3/h9,11H,5-8H2,1-4H3. The Morgan fingerprint density at radius 3 is 2.27 bits per heavy atom. The molecule has 0 aromatic carbocycles. The second-order valence-electron chi connectivity index (χ2n) is 4.32. The second kappa shape index (κ2) is 7.91. The van der Waals surface area contributed by atoms with Crippen molar-refractivity contribution in [3.63, 3.8) is 0 Å². The van der Waals surface area contributed by atoms with Crippen LogP contribution in [-0.4, -0.2) is 16.1 Å². The Morgan fingerprint density at radius 2 is 1.87 bits per heavy atom. The minimum atomic E-state index is -0.130. The summed E-state index contributed by atoms with van der Waals surface area (Å²) < 4.78 is 0. The lowest BCUT2D eigenvalue weighted by molar-refractivity contribution is -0.117. The molecule has 0 heterocycles. The third-order valence-corrected chi connectivity index (χ3v) is 3.42. The number of carbonyl (C=O) groups excluding carboxylic acids is 2. The zero-order valence-electron chi connectivity index (χ0n) is 10.2. The van der Waals surface area contributed by atoms with Crippen molar-refractivity contribution in [2.45, 2.75) is 58.6 Å². The Hall–Kier alpha value is -0.310. The van der Waals surface area contributed by atoms with Gasteiger partial charge in [-0.2, -0.15) is 0 Å². The lowest BCUT2D eigenvalue weighted by Crippen LogP contribution is -2.18. The van der Waals surface area contributed by atoms with Gasteiger partial charge in [0.15, 0.2) is 5.12 Å². The first kappa shape index (κ1) is 14.7. The van der Waals surface area contributed by atoms with Gasteiger partial charge in [-0.3, -0.25) is 9.59 Å². The molecule has 2 nitrogen and oxygen atoms in total. The molecule has 15 heavy (non-hydrogen) atoms. The van der Waals surface area contributed by atoms with Gasteiger partial charge in [0, 0.05) is 6.42 Å². The molecule has 0 aromatic heterocycles. The fourth-order valence-electron chi connectivity index (χ4n) is 1.26. The number of Topliss-reactive ketones (excluding diaryl/α,β-unsaturated/α-hetero) is 1. The molecule has 0 amide bonds. The summed E-state index contributed by atoms with van der Waals surface area (Å²) in [4.78, 5) is 22.8. The Balaban J connectivity index is 4.05. The monoisotopic (exact) mass is 230 g/mol. The Bertz CT molecular complexity index is 212. The maximum atomic E-state index is 11.5. The van der Waals surface area contributed by atoms with Gasteiger partial charge < -0.3 is 0 Å². The van der Waals surface area contributed by atoms with Gasteiger partial charge >= 0.3 is 0 Å². The van der Waals surface area contributed by atoms with E-state index < -0.39 is 0 Å². The van der Waals surface area contributed by atoms with Crippen LogP contribution in [0.2, 0.25) is 0 Å². The van der Waals surface area contributed by atoms with Crippen LogP contribution in [0.4, 0.5) is 0 Å². The third kappa shape index (κ3) is 7.60. The number of ketones is 1. The van der Waals surface area contributed by atoms with Crippen LogP contribution in [0.3, 0.4) is 0 Å². The van der Waals surface area contributed by atoms with Crippen LogP contribution in [0.15, 0.2) is 0 Å². The summed E-state index contributed by atoms with van der Waals surface area (Å²) in [6.45, 7) is 7.79. The summed E-state index contributed by atoms with van der Waals surface area (Å²) in [6.07, 6.45) is 3.36. The molecule has 1 unspecified atom stereocenters. The van der Waals surface area contributed by atoms with E-state index >= 15 is 0 Å². The van der Waals surface area contributed by atoms with E-state index in [1.807, 2.05) is 0 Å². The molecule has 1 atom stereocenters. The number of rotatable bonds is 7. The Kier molecular flexibility index (Phi) is 7.75. The maximum absolute atomic E-state index is 11.5. The summed E-state index contributed by atoms with van der Waals surface area (Å²) >= 11 is 1.23. The lowest BCUT2D eigenvalue weighted by Gasteiger charge is -2.14. The number of unbranched alkanes of at least 4 members (excludes halogenated alkanes) is 1. The summed E-state index contributed by atoms with van der Waals surface area (Å²) in [6, 6.07) is 0. The van der Waals surface area contributed by atoms with Crippen LogP contribution >= 0.6 is 11.8 Å². The van der Waals surface area contributed by atoms with Gasteiger partial charge in [-0.1, -0.05) is 39.0 Å². The molecule has 0 radical (unpaired) electrons. The third-order valence-electron chi connectivity index (χ3n) is 2.15. The average Bonchev–Trinajstić information content (AvgIpc) is 2.12. The molecule has 0 bridgehead atoms. The molecule has 0 aromatic rings. The van der Waals surface area contributed by atoms with Gasteiger partial charge in [0.1, 0.15) is 5.78 Å². The van der Waals surface area contributed by atoms with Gasteiger partial charge in [0.05, 0.1) is 5.25 Å². The predicted molar refractivity (Wildman–Crippen MR) is 66.0 cm³/mol. The smallest absolute Gasteiger partial charge is 0.189 e. The summed E-state index contributed by atoms with van der Waals surface area (Å²) in [7, 11) is 0. The van der Waals surface area contributed by atoms with Crippen molar-refractivity contribution in [2.24, 2.45) is 5.92 Å². The first-order valence-corrected chi connectivity index (χ1v) is 6.55. The molecular weight excluding hydrogens is 208 g/mol. The topological polar surface area (TPSA) is 34.1 Å². The van der Waals surface area contributed by atoms with E-state index in [9.17, 15) is 9.59 Å². The van der Waals surface area contributed by atoms with E-state index in [4.69, 9.17) is 0 Å². The van der Waals surface area contributed by atoms with Crippen LogP contribution in [0.5, 0.6) is 0 Å². The molecule has 3 heteroatoms. The zero-order chi connectivity index (χ0) is 11.8. The van der Waals surface area contributed by atoms with E-state index in [1.165, 1.54) is 11.8 Å². The number of carbonyl (C=O) groups is 2. The van der Waals surface area contributed by atoms with Gasteiger partial charge in [-0.25, -0.2) is 0 Å². The average molecular weight is 230 g/mol. The first-order valence-electron chi connectivity index (χ1n) is 5.67. The molecule has 0 N–H and O–H groups in total. The van der Waals surface area contributed by atoms with Crippen LogP contribution in [0, 0.1) is 5.92 Å². The van der Waals surface area contributed by atoms with Crippen molar-refractivity contribution < 1.29 is 9.59 Å². The fraction of sp³-hybridized carbons (Fsp3) is 0.833. The lowest BCUT2D eigenvalue weighted by atomic mass is 10.1. The number of hydrogen-bond acceptors (Lipinski definition) is 3. The molecule has 0 saturated carbocycles. The predicted octanol–water partition coefficient (Wildman–Crippen LogP) is 3.44. The quantitative estimate of drug-likeness (QED) is 0.672. The van der Waals surface area contributed by atoms with E-state index in [1.54, 1.807) is 6.92 Å². The highest BCUT2D eigenvalue weighted by molar-refractivity contribution is 8.14. The highest BCUT2D eigenvalue weighted by Gasteiger charge is 2.19. The van der Waals surface area contributed by atoms with Crippen molar-refractivity contribution in [2.75, 3.05) is 0 Å². The van der Waals surface area contributed by atoms with Crippen molar-refractivity contribution in [3.05, 3.63) is 0 Å². The minimum absolute atomic E-state index is 0.124. The van der Waals surface area contributed by atoms with Gasteiger partial charge in [-0.05, 0) is 25.7 Å². The van der Waals surface area contributed by atoms with E-state index in [-0.39, 0.29) is 16.1 Å². The highest BCUT2D eigenvalue weighted by Crippen LogP contribution is 2.22. The van der Waals surface area contributed by atoms with Crippen LogP contribution in [0.1, 0.15) is 53.4 Å². The van der Waals surface area contributed by atoms with Crippen LogP contribution in [0.25, 0.3) is 0 Å². The molecular formula is C12H22O2S. The van der Waals surface area contributed by atoms with Crippen molar-refractivity contribution in [1.82, 2.24) is 0 Å². The van der Waals surface area contributed by atoms with Crippen molar-refractivity contribution >= 4 is 22.7 Å². The SMILES string of the molecule is CCCCC(=O)SC(CC(C)C)C(C)=O.